The van der Waals surface area contributed by atoms with Crippen molar-refractivity contribution < 1.29 is 10.2 Å². The van der Waals surface area contributed by atoms with Crippen molar-refractivity contribution in [3.05, 3.63) is 11.6 Å². The summed E-state index contributed by atoms with van der Waals surface area (Å²) in [5, 5.41) is 20.1. The van der Waals surface area contributed by atoms with Crippen LogP contribution in [-0.2, 0) is 0 Å². The summed E-state index contributed by atoms with van der Waals surface area (Å²) in [5.74, 6) is 4.24. The highest BCUT2D eigenvalue weighted by Crippen LogP contribution is 2.67. The van der Waals surface area contributed by atoms with Gasteiger partial charge >= 0.3 is 0 Å². The lowest BCUT2D eigenvalue weighted by molar-refractivity contribution is -0.0593. The van der Waals surface area contributed by atoms with Crippen LogP contribution in [0.2, 0.25) is 0 Å². The fraction of sp³-hybridized carbons (Fsp3) is 0.926. The summed E-state index contributed by atoms with van der Waals surface area (Å²) in [7, 11) is 0. The fourth-order valence-electron chi connectivity index (χ4n) is 9.25. The molecule has 2 N–H and O–H groups in total. The molecule has 3 nitrogen and oxygen atoms in total. The molecule has 5 aliphatic rings. The number of fused-ring (bicyclic) bond motifs is 5. The Balaban J connectivity index is 1.30. The van der Waals surface area contributed by atoms with Crippen LogP contribution in [-0.4, -0.2) is 47.0 Å². The Kier molecular flexibility index (Phi) is 5.64. The van der Waals surface area contributed by atoms with E-state index in [-0.39, 0.29) is 12.2 Å². The van der Waals surface area contributed by atoms with E-state index in [9.17, 15) is 10.2 Å². The first-order valence-electron chi connectivity index (χ1n) is 13.1. The predicted molar refractivity (Wildman–Crippen MR) is 122 cm³/mol. The van der Waals surface area contributed by atoms with Gasteiger partial charge in [0.25, 0.3) is 0 Å². The van der Waals surface area contributed by atoms with Crippen LogP contribution in [0.3, 0.4) is 0 Å². The van der Waals surface area contributed by atoms with Gasteiger partial charge in [-0.3, -0.25) is 0 Å². The van der Waals surface area contributed by atoms with Gasteiger partial charge in [-0.1, -0.05) is 32.4 Å². The zero-order valence-electron chi connectivity index (χ0n) is 19.7. The largest absolute Gasteiger partial charge is 0.393 e. The Morgan fingerprint density at radius 2 is 1.73 bits per heavy atom. The smallest absolute Gasteiger partial charge is 0.0577 e. The first-order valence-corrected chi connectivity index (χ1v) is 13.1. The van der Waals surface area contributed by atoms with E-state index < -0.39 is 0 Å². The third-order valence-electron chi connectivity index (χ3n) is 10.9. The second-order valence-corrected chi connectivity index (χ2v) is 12.4. The molecule has 4 aliphatic carbocycles. The lowest BCUT2D eigenvalue weighted by Gasteiger charge is -2.58. The molecule has 1 saturated heterocycles. The van der Waals surface area contributed by atoms with Crippen LogP contribution in [0.25, 0.3) is 0 Å². The molecule has 5 rings (SSSR count). The maximum atomic E-state index is 10.2. The standard InChI is InChI=1S/C27H45NO2/c1-18(17-28-14-10-20(29)11-15-28)23-6-7-24-22-5-4-19-16-21(30)8-12-26(19,2)25(22)9-13-27(23,24)3/h4,18,20-25,29-30H,5-17H2,1-3H3/t18-,21+,22+,23-,24+,25+,26+,27-/m1/s1. The molecule has 0 amide bonds. The average Bonchev–Trinajstić information content (AvgIpc) is 3.07. The Hall–Kier alpha value is -0.380. The van der Waals surface area contributed by atoms with Crippen molar-refractivity contribution in [2.24, 2.45) is 40.4 Å². The van der Waals surface area contributed by atoms with Crippen molar-refractivity contribution in [3.63, 3.8) is 0 Å². The molecule has 0 aromatic heterocycles. The second kappa shape index (κ2) is 7.89. The SMILES string of the molecule is C[C@H](CN1CCC(O)CC1)[C@H]1CC[C@H]2[C@@H]3CC=C4C[C@@H](O)CC[C@]4(C)[C@H]3CC[C@]12C. The summed E-state index contributed by atoms with van der Waals surface area (Å²) in [6, 6.07) is 0. The Morgan fingerprint density at radius 3 is 2.50 bits per heavy atom. The van der Waals surface area contributed by atoms with Gasteiger partial charge in [0, 0.05) is 19.6 Å². The number of allylic oxidation sites excluding steroid dienone is 1. The number of hydrogen-bond donors (Lipinski definition) is 2. The van der Waals surface area contributed by atoms with Gasteiger partial charge in [0.1, 0.15) is 0 Å². The summed E-state index contributed by atoms with van der Waals surface area (Å²) in [5.41, 5.74) is 2.48. The van der Waals surface area contributed by atoms with E-state index >= 15 is 0 Å². The van der Waals surface area contributed by atoms with Gasteiger partial charge in [0.05, 0.1) is 12.2 Å². The molecular weight excluding hydrogens is 370 g/mol. The zero-order chi connectivity index (χ0) is 21.1. The lowest BCUT2D eigenvalue weighted by Crippen LogP contribution is -2.51. The maximum Gasteiger partial charge on any atom is 0.0577 e. The number of rotatable bonds is 3. The molecular formula is C27H45NO2. The van der Waals surface area contributed by atoms with Crippen molar-refractivity contribution in [3.8, 4) is 0 Å². The van der Waals surface area contributed by atoms with E-state index in [1.54, 1.807) is 5.57 Å². The fourth-order valence-corrected chi connectivity index (χ4v) is 9.25. The molecule has 0 spiro atoms. The Morgan fingerprint density at radius 1 is 0.967 bits per heavy atom. The molecule has 4 fully saturated rings. The molecule has 0 radical (unpaired) electrons. The second-order valence-electron chi connectivity index (χ2n) is 12.4. The van der Waals surface area contributed by atoms with Gasteiger partial charge in [0.2, 0.25) is 0 Å². The van der Waals surface area contributed by atoms with Gasteiger partial charge in [-0.15, -0.1) is 0 Å². The van der Waals surface area contributed by atoms with Crippen molar-refractivity contribution in [2.45, 2.75) is 97.2 Å². The zero-order valence-corrected chi connectivity index (χ0v) is 19.7. The van der Waals surface area contributed by atoms with Gasteiger partial charge in [-0.25, -0.2) is 0 Å². The van der Waals surface area contributed by atoms with Gasteiger partial charge < -0.3 is 15.1 Å². The summed E-state index contributed by atoms with van der Waals surface area (Å²) < 4.78 is 0. The van der Waals surface area contributed by atoms with Crippen LogP contribution in [0.1, 0.15) is 85.0 Å². The molecule has 0 aromatic carbocycles. The highest BCUT2D eigenvalue weighted by Gasteiger charge is 2.59. The highest BCUT2D eigenvalue weighted by molar-refractivity contribution is 5.25. The van der Waals surface area contributed by atoms with Crippen LogP contribution >= 0.6 is 0 Å². The number of aliphatic hydroxyl groups excluding tert-OH is 2. The van der Waals surface area contributed by atoms with E-state index in [0.29, 0.717) is 10.8 Å². The highest BCUT2D eigenvalue weighted by atomic mass is 16.3. The van der Waals surface area contributed by atoms with Gasteiger partial charge in [-0.2, -0.15) is 0 Å². The molecule has 3 saturated carbocycles. The van der Waals surface area contributed by atoms with Gasteiger partial charge in [0.15, 0.2) is 0 Å². The first-order chi connectivity index (χ1) is 14.3. The minimum atomic E-state index is -0.0951. The minimum Gasteiger partial charge on any atom is -0.393 e. The lowest BCUT2D eigenvalue weighted by atomic mass is 9.47. The average molecular weight is 416 g/mol. The van der Waals surface area contributed by atoms with Gasteiger partial charge in [-0.05, 0) is 105 Å². The van der Waals surface area contributed by atoms with E-state index in [2.05, 4.69) is 31.7 Å². The molecule has 0 bridgehead atoms. The third kappa shape index (κ3) is 3.42. The molecule has 8 atom stereocenters. The number of nitrogens with zero attached hydrogens (tertiary/aromatic N) is 1. The predicted octanol–water partition coefficient (Wildman–Crippen LogP) is 5.02. The molecule has 1 heterocycles. The van der Waals surface area contributed by atoms with Crippen LogP contribution in [0.5, 0.6) is 0 Å². The molecule has 0 unspecified atom stereocenters. The maximum absolute atomic E-state index is 10.2. The van der Waals surface area contributed by atoms with Crippen molar-refractivity contribution in [2.75, 3.05) is 19.6 Å². The number of aliphatic hydroxyl groups is 2. The van der Waals surface area contributed by atoms with Crippen LogP contribution in [0, 0.1) is 40.4 Å². The molecule has 3 heteroatoms. The summed E-state index contributed by atoms with van der Waals surface area (Å²) in [6.07, 6.45) is 14.4. The van der Waals surface area contributed by atoms with Crippen molar-refractivity contribution in [1.29, 1.82) is 0 Å². The molecule has 170 valence electrons. The number of likely N-dealkylation sites (tertiary alicyclic amines) is 1. The van der Waals surface area contributed by atoms with E-state index in [1.807, 2.05) is 0 Å². The normalized spacial score (nSPS) is 48.4. The monoisotopic (exact) mass is 415 g/mol. The van der Waals surface area contributed by atoms with Crippen LogP contribution < -0.4 is 0 Å². The molecule has 1 aliphatic heterocycles. The first kappa shape index (κ1) is 21.5. The van der Waals surface area contributed by atoms with E-state index in [1.165, 1.54) is 45.1 Å². The molecule has 30 heavy (non-hydrogen) atoms. The topological polar surface area (TPSA) is 43.7 Å². The van der Waals surface area contributed by atoms with Crippen molar-refractivity contribution >= 4 is 0 Å². The Bertz CT molecular complexity index is 668. The summed E-state index contributed by atoms with van der Waals surface area (Å²) >= 11 is 0. The van der Waals surface area contributed by atoms with E-state index in [4.69, 9.17) is 0 Å². The minimum absolute atomic E-state index is 0.0632. The summed E-state index contributed by atoms with van der Waals surface area (Å²) in [4.78, 5) is 2.63. The van der Waals surface area contributed by atoms with Crippen LogP contribution in [0.15, 0.2) is 11.6 Å². The number of hydrogen-bond acceptors (Lipinski definition) is 3. The van der Waals surface area contributed by atoms with Crippen molar-refractivity contribution in [1.82, 2.24) is 4.90 Å². The Labute approximate surface area is 184 Å². The summed E-state index contributed by atoms with van der Waals surface area (Å²) in [6.45, 7) is 11.1. The quantitative estimate of drug-likeness (QED) is 0.636. The molecule has 0 aromatic rings. The van der Waals surface area contributed by atoms with E-state index in [0.717, 1.165) is 68.4 Å². The third-order valence-corrected chi connectivity index (χ3v) is 10.9. The number of piperidine rings is 1. The van der Waals surface area contributed by atoms with Crippen LogP contribution in [0.4, 0.5) is 0 Å².